The Kier molecular flexibility index (Phi) is 4.22. The predicted octanol–water partition coefficient (Wildman–Crippen LogP) is 4.68. The summed E-state index contributed by atoms with van der Waals surface area (Å²) in [5.74, 6) is 0. The van der Waals surface area contributed by atoms with E-state index in [9.17, 15) is 0 Å². The van der Waals surface area contributed by atoms with E-state index in [0.29, 0.717) is 0 Å². The van der Waals surface area contributed by atoms with E-state index in [0.717, 1.165) is 5.66 Å². The van der Waals surface area contributed by atoms with Crippen molar-refractivity contribution in [1.82, 2.24) is 0 Å². The first-order valence-corrected chi connectivity index (χ1v) is 9.09. The first-order valence-electron chi connectivity index (χ1n) is 7.68. The van der Waals surface area contributed by atoms with Gasteiger partial charge in [0, 0.05) is 0 Å². The molecule has 0 heterocycles. The third kappa shape index (κ3) is 2.67. The highest BCUT2D eigenvalue weighted by molar-refractivity contribution is 7.73. The lowest BCUT2D eigenvalue weighted by molar-refractivity contribution is 0.886. The molecule has 0 atom stereocenters. The average molecular weight is 282 g/mol. The van der Waals surface area contributed by atoms with Gasteiger partial charge in [-0.15, -0.1) is 0 Å². The molecule has 0 nitrogen and oxygen atoms in total. The Morgan fingerprint density at radius 2 is 1.20 bits per heavy atom. The summed E-state index contributed by atoms with van der Waals surface area (Å²) < 4.78 is 0. The molecule has 0 spiro atoms. The largest absolute Gasteiger partial charge is 0.0620 e. The van der Waals surface area contributed by atoms with Crippen LogP contribution in [0.15, 0.2) is 48.5 Å². The summed E-state index contributed by atoms with van der Waals surface area (Å²) in [4.78, 5) is 0. The van der Waals surface area contributed by atoms with Crippen LogP contribution in [-0.2, 0) is 0 Å². The minimum Gasteiger partial charge on any atom is -0.0620 e. The molecule has 1 aliphatic rings. The van der Waals surface area contributed by atoms with E-state index in [1.54, 1.807) is 10.6 Å². The maximum Gasteiger partial charge on any atom is -0.0129 e. The maximum atomic E-state index is 2.37. The second-order valence-electron chi connectivity index (χ2n) is 5.88. The van der Waals surface area contributed by atoms with Crippen LogP contribution < -0.4 is 10.6 Å². The quantitative estimate of drug-likeness (QED) is 0.717. The van der Waals surface area contributed by atoms with Crippen molar-refractivity contribution < 1.29 is 0 Å². The molecule has 1 fully saturated rings. The van der Waals surface area contributed by atoms with Crippen LogP contribution in [0.1, 0.15) is 36.8 Å². The van der Waals surface area contributed by atoms with Crippen LogP contribution in [0.3, 0.4) is 0 Å². The third-order valence-electron chi connectivity index (χ3n) is 4.44. The lowest BCUT2D eigenvalue weighted by Gasteiger charge is -2.28. The van der Waals surface area contributed by atoms with Gasteiger partial charge in [0.1, 0.15) is 0 Å². The van der Waals surface area contributed by atoms with Crippen LogP contribution in [-0.4, -0.2) is 5.66 Å². The highest BCUT2D eigenvalue weighted by Gasteiger charge is 2.28. The molecule has 0 N–H and O–H groups in total. The van der Waals surface area contributed by atoms with E-state index < -0.39 is 0 Å². The lowest BCUT2D eigenvalue weighted by atomic mass is 10.2. The standard InChI is InChI=1S/C19H23P/c1-15-9-3-7-13-18(15)20(17-11-5-6-12-17)19-14-8-4-10-16(19)2/h3-4,7-10,13-14,17H,5-6,11-12H2,1-2H3. The molecule has 0 amide bonds. The summed E-state index contributed by atoms with van der Waals surface area (Å²) in [6.45, 7) is 4.55. The molecule has 0 saturated heterocycles. The van der Waals surface area contributed by atoms with Crippen molar-refractivity contribution in [2.45, 2.75) is 45.2 Å². The summed E-state index contributed by atoms with van der Waals surface area (Å²) in [6.07, 6.45) is 5.66. The van der Waals surface area contributed by atoms with Crippen molar-refractivity contribution in [1.29, 1.82) is 0 Å². The van der Waals surface area contributed by atoms with Gasteiger partial charge in [0.2, 0.25) is 0 Å². The van der Waals surface area contributed by atoms with E-state index in [-0.39, 0.29) is 7.92 Å². The van der Waals surface area contributed by atoms with Crippen molar-refractivity contribution in [2.75, 3.05) is 0 Å². The SMILES string of the molecule is Cc1ccccc1P(c1ccccc1C)C1CCCC1. The fourth-order valence-electron chi connectivity index (χ4n) is 3.35. The predicted molar refractivity (Wildman–Crippen MR) is 90.8 cm³/mol. The second kappa shape index (κ2) is 6.10. The van der Waals surface area contributed by atoms with Crippen LogP contribution in [0, 0.1) is 13.8 Å². The molecular weight excluding hydrogens is 259 g/mol. The van der Waals surface area contributed by atoms with Gasteiger partial charge in [0.25, 0.3) is 0 Å². The molecule has 104 valence electrons. The van der Waals surface area contributed by atoms with Crippen molar-refractivity contribution in [3.8, 4) is 0 Å². The molecule has 0 bridgehead atoms. The topological polar surface area (TPSA) is 0 Å². The summed E-state index contributed by atoms with van der Waals surface area (Å²) in [5.41, 5.74) is 3.81. The van der Waals surface area contributed by atoms with Gasteiger partial charge < -0.3 is 0 Å². The van der Waals surface area contributed by atoms with Gasteiger partial charge in [-0.05, 0) is 62.0 Å². The first-order chi connectivity index (χ1) is 9.77. The van der Waals surface area contributed by atoms with Gasteiger partial charge in [-0.1, -0.05) is 61.4 Å². The fraction of sp³-hybridized carbons (Fsp3) is 0.368. The molecule has 0 unspecified atom stereocenters. The van der Waals surface area contributed by atoms with Crippen LogP contribution in [0.5, 0.6) is 0 Å². The number of hydrogen-bond donors (Lipinski definition) is 0. The third-order valence-corrected chi connectivity index (χ3v) is 7.73. The van der Waals surface area contributed by atoms with E-state index in [1.807, 2.05) is 0 Å². The van der Waals surface area contributed by atoms with Gasteiger partial charge in [0.05, 0.1) is 0 Å². The Balaban J connectivity index is 2.09. The number of hydrogen-bond acceptors (Lipinski definition) is 0. The Morgan fingerprint density at radius 3 is 1.65 bits per heavy atom. The zero-order valence-electron chi connectivity index (χ0n) is 12.5. The van der Waals surface area contributed by atoms with E-state index in [2.05, 4.69) is 62.4 Å². The average Bonchev–Trinajstić information content (AvgIpc) is 2.97. The molecule has 1 heteroatoms. The van der Waals surface area contributed by atoms with E-state index in [1.165, 1.54) is 36.8 Å². The minimum atomic E-state index is -0.194. The number of aryl methyl sites for hydroxylation is 2. The van der Waals surface area contributed by atoms with Crippen molar-refractivity contribution in [3.63, 3.8) is 0 Å². The van der Waals surface area contributed by atoms with Gasteiger partial charge in [-0.2, -0.15) is 0 Å². The molecule has 2 aromatic rings. The van der Waals surface area contributed by atoms with Gasteiger partial charge in [0.15, 0.2) is 0 Å². The molecule has 0 radical (unpaired) electrons. The van der Waals surface area contributed by atoms with Gasteiger partial charge >= 0.3 is 0 Å². The normalized spacial score (nSPS) is 15.9. The van der Waals surface area contributed by atoms with E-state index in [4.69, 9.17) is 0 Å². The minimum absolute atomic E-state index is 0.194. The van der Waals surface area contributed by atoms with Crippen LogP contribution >= 0.6 is 7.92 Å². The number of rotatable bonds is 3. The Hall–Kier alpha value is -1.13. The monoisotopic (exact) mass is 282 g/mol. The molecule has 1 aliphatic carbocycles. The zero-order valence-corrected chi connectivity index (χ0v) is 13.4. The summed E-state index contributed by atoms with van der Waals surface area (Å²) in [6, 6.07) is 18.0. The maximum absolute atomic E-state index is 2.37. The number of benzene rings is 2. The summed E-state index contributed by atoms with van der Waals surface area (Å²) in [5, 5.41) is 3.20. The molecule has 1 saturated carbocycles. The molecule has 3 rings (SSSR count). The van der Waals surface area contributed by atoms with Crippen molar-refractivity contribution >= 4 is 18.5 Å². The Labute approximate surface area is 124 Å². The van der Waals surface area contributed by atoms with Crippen molar-refractivity contribution in [3.05, 3.63) is 59.7 Å². The Bertz CT molecular complexity index is 536. The molecular formula is C19H23P. The van der Waals surface area contributed by atoms with Crippen LogP contribution in [0.25, 0.3) is 0 Å². The fourth-order valence-corrected chi connectivity index (χ4v) is 6.68. The highest BCUT2D eigenvalue weighted by atomic mass is 31.1. The molecule has 2 aromatic carbocycles. The Morgan fingerprint density at radius 1 is 0.750 bits per heavy atom. The summed E-state index contributed by atoms with van der Waals surface area (Å²) in [7, 11) is -0.194. The van der Waals surface area contributed by atoms with Crippen LogP contribution in [0.2, 0.25) is 0 Å². The summed E-state index contributed by atoms with van der Waals surface area (Å²) >= 11 is 0. The second-order valence-corrected chi connectivity index (χ2v) is 8.32. The molecule has 0 aliphatic heterocycles. The van der Waals surface area contributed by atoms with Gasteiger partial charge in [-0.25, -0.2) is 0 Å². The van der Waals surface area contributed by atoms with Gasteiger partial charge in [-0.3, -0.25) is 0 Å². The van der Waals surface area contributed by atoms with E-state index >= 15 is 0 Å². The molecule has 20 heavy (non-hydrogen) atoms. The van der Waals surface area contributed by atoms with Crippen molar-refractivity contribution in [2.24, 2.45) is 0 Å². The smallest absolute Gasteiger partial charge is 0.0129 e. The zero-order chi connectivity index (χ0) is 13.9. The molecule has 0 aromatic heterocycles. The highest BCUT2D eigenvalue weighted by Crippen LogP contribution is 2.48. The van der Waals surface area contributed by atoms with Crippen LogP contribution in [0.4, 0.5) is 0 Å². The first kappa shape index (κ1) is 13.8. The lowest BCUT2D eigenvalue weighted by Crippen LogP contribution is -2.23.